The molecule has 1 aromatic carbocycles. The van der Waals surface area contributed by atoms with Crippen LogP contribution >= 0.6 is 11.8 Å². The van der Waals surface area contributed by atoms with Crippen LogP contribution in [0.4, 0.5) is 0 Å². The second-order valence-corrected chi connectivity index (χ2v) is 11.8. The van der Waals surface area contributed by atoms with Crippen molar-refractivity contribution in [3.63, 3.8) is 0 Å². The summed E-state index contributed by atoms with van der Waals surface area (Å²) < 4.78 is 5.80. The van der Waals surface area contributed by atoms with Crippen LogP contribution in [0, 0.1) is 28.6 Å². The molecule has 0 saturated heterocycles. The smallest absolute Gasteiger partial charge is 0.314 e. The van der Waals surface area contributed by atoms with E-state index in [1.807, 2.05) is 30.5 Å². The van der Waals surface area contributed by atoms with Gasteiger partial charge in [-0.15, -0.1) is 11.8 Å². The van der Waals surface area contributed by atoms with Crippen molar-refractivity contribution in [3.05, 3.63) is 24.3 Å². The molecule has 0 aliphatic carbocycles. The van der Waals surface area contributed by atoms with Crippen LogP contribution in [0.1, 0.15) is 81.1 Å². The molecule has 0 aromatic heterocycles. The Balaban J connectivity index is 2.84. The largest absolute Gasteiger partial charge is 0.426 e. The normalized spacial score (nSPS) is 15.8. The quantitative estimate of drug-likeness (QED) is 0.237. The zero-order chi connectivity index (χ0) is 21.5. The fourth-order valence-electron chi connectivity index (χ4n) is 4.19. The monoisotopic (exact) mass is 406 g/mol. The molecule has 3 heteroatoms. The molecule has 0 bridgehead atoms. The molecule has 0 heterocycles. The van der Waals surface area contributed by atoms with Gasteiger partial charge in [0, 0.05) is 4.90 Å². The highest BCUT2D eigenvalue weighted by molar-refractivity contribution is 7.98. The first kappa shape index (κ1) is 25.1. The average molecular weight is 407 g/mol. The standard InChI is InChI=1S/C25H42O2S/c1-18(16-24(3,4)5)10-15-22(19(2)17-25(6,7)8)23(26)27-20-11-13-21(28-9)14-12-20/h11-14,18-19,22H,10,15-17H2,1-9H3. The molecule has 0 spiro atoms. The van der Waals surface area contributed by atoms with E-state index in [9.17, 15) is 4.79 Å². The van der Waals surface area contributed by atoms with Gasteiger partial charge in [0.05, 0.1) is 5.92 Å². The first-order valence-corrected chi connectivity index (χ1v) is 11.9. The fraction of sp³-hybridized carbons (Fsp3) is 0.720. The van der Waals surface area contributed by atoms with Crippen molar-refractivity contribution in [2.24, 2.45) is 28.6 Å². The van der Waals surface area contributed by atoms with E-state index >= 15 is 0 Å². The lowest BCUT2D eigenvalue weighted by Crippen LogP contribution is -2.29. The maximum Gasteiger partial charge on any atom is 0.314 e. The minimum absolute atomic E-state index is 0.0538. The van der Waals surface area contributed by atoms with Gasteiger partial charge in [-0.1, -0.05) is 55.4 Å². The van der Waals surface area contributed by atoms with Gasteiger partial charge in [0.1, 0.15) is 5.75 Å². The second-order valence-electron chi connectivity index (χ2n) is 10.9. The van der Waals surface area contributed by atoms with Crippen molar-refractivity contribution >= 4 is 17.7 Å². The minimum atomic E-state index is -0.0726. The summed E-state index contributed by atoms with van der Waals surface area (Å²) in [6, 6.07) is 7.81. The van der Waals surface area contributed by atoms with Gasteiger partial charge in [-0.2, -0.15) is 0 Å². The third-order valence-corrected chi connectivity index (χ3v) is 5.88. The van der Waals surface area contributed by atoms with E-state index < -0.39 is 0 Å². The molecule has 160 valence electrons. The zero-order valence-corrected chi connectivity index (χ0v) is 20.4. The number of hydrogen-bond donors (Lipinski definition) is 0. The summed E-state index contributed by atoms with van der Waals surface area (Å²) in [7, 11) is 0. The molecule has 1 aromatic rings. The molecule has 0 aliphatic rings. The van der Waals surface area contributed by atoms with Crippen molar-refractivity contribution < 1.29 is 9.53 Å². The summed E-state index contributed by atoms with van der Waals surface area (Å²) in [5.74, 6) is 1.44. The van der Waals surface area contributed by atoms with E-state index in [4.69, 9.17) is 4.74 Å². The van der Waals surface area contributed by atoms with Gasteiger partial charge >= 0.3 is 5.97 Å². The van der Waals surface area contributed by atoms with E-state index in [0.29, 0.717) is 23.0 Å². The number of carbonyl (C=O) groups excluding carboxylic acids is 1. The summed E-state index contributed by atoms with van der Waals surface area (Å²) in [4.78, 5) is 14.2. The number of rotatable bonds is 9. The Labute approximate surface area is 178 Å². The summed E-state index contributed by atoms with van der Waals surface area (Å²) in [6.45, 7) is 18.1. The Morgan fingerprint density at radius 2 is 1.46 bits per heavy atom. The maximum absolute atomic E-state index is 13.1. The maximum atomic E-state index is 13.1. The van der Waals surface area contributed by atoms with E-state index in [1.165, 1.54) is 11.3 Å². The van der Waals surface area contributed by atoms with Gasteiger partial charge < -0.3 is 4.74 Å². The number of hydrogen-bond acceptors (Lipinski definition) is 3. The lowest BCUT2D eigenvalue weighted by Gasteiger charge is -2.30. The highest BCUT2D eigenvalue weighted by Crippen LogP contribution is 2.34. The highest BCUT2D eigenvalue weighted by atomic mass is 32.2. The van der Waals surface area contributed by atoms with Crippen LogP contribution in [0.3, 0.4) is 0 Å². The summed E-state index contributed by atoms with van der Waals surface area (Å²) in [5.41, 5.74) is 0.528. The molecule has 0 radical (unpaired) electrons. The topological polar surface area (TPSA) is 26.3 Å². The minimum Gasteiger partial charge on any atom is -0.426 e. The third-order valence-electron chi connectivity index (χ3n) is 5.13. The van der Waals surface area contributed by atoms with Gasteiger partial charge in [-0.05, 0) is 78.9 Å². The van der Waals surface area contributed by atoms with Crippen LogP contribution in [-0.2, 0) is 4.79 Å². The average Bonchev–Trinajstić information content (AvgIpc) is 2.52. The van der Waals surface area contributed by atoms with Crippen LogP contribution in [-0.4, -0.2) is 12.2 Å². The van der Waals surface area contributed by atoms with Crippen molar-refractivity contribution in [1.29, 1.82) is 0 Å². The van der Waals surface area contributed by atoms with Crippen molar-refractivity contribution in [2.75, 3.05) is 6.26 Å². The SMILES string of the molecule is CSc1ccc(OC(=O)C(CCC(C)CC(C)(C)C)C(C)CC(C)(C)C)cc1. The van der Waals surface area contributed by atoms with E-state index in [1.54, 1.807) is 11.8 Å². The first-order valence-electron chi connectivity index (χ1n) is 10.7. The van der Waals surface area contributed by atoms with Crippen LogP contribution in [0.25, 0.3) is 0 Å². The fourth-order valence-corrected chi connectivity index (χ4v) is 4.60. The molecule has 2 nitrogen and oxygen atoms in total. The van der Waals surface area contributed by atoms with E-state index in [-0.39, 0.29) is 17.3 Å². The number of esters is 1. The highest BCUT2D eigenvalue weighted by Gasteiger charge is 2.30. The second kappa shape index (κ2) is 10.7. The molecule has 0 aliphatic heterocycles. The Morgan fingerprint density at radius 3 is 1.93 bits per heavy atom. The predicted molar refractivity (Wildman–Crippen MR) is 123 cm³/mol. The Morgan fingerprint density at radius 1 is 0.929 bits per heavy atom. The van der Waals surface area contributed by atoms with E-state index in [2.05, 4.69) is 55.4 Å². The van der Waals surface area contributed by atoms with Gasteiger partial charge in [0.25, 0.3) is 0 Å². The molecule has 0 amide bonds. The Bertz CT molecular complexity index is 592. The molecule has 1 rings (SSSR count). The van der Waals surface area contributed by atoms with Crippen LogP contribution in [0.5, 0.6) is 5.75 Å². The van der Waals surface area contributed by atoms with Crippen LogP contribution < -0.4 is 4.74 Å². The number of benzene rings is 1. The molecular formula is C25H42O2S. The predicted octanol–water partition coefficient (Wildman–Crippen LogP) is 7.85. The Hall–Kier alpha value is -0.960. The van der Waals surface area contributed by atoms with Crippen molar-refractivity contribution in [1.82, 2.24) is 0 Å². The molecule has 3 unspecified atom stereocenters. The lowest BCUT2D eigenvalue weighted by molar-refractivity contribution is -0.141. The molecular weight excluding hydrogens is 364 g/mol. The first-order chi connectivity index (χ1) is 12.8. The van der Waals surface area contributed by atoms with Crippen molar-refractivity contribution in [3.8, 4) is 5.75 Å². The number of ether oxygens (including phenoxy) is 1. The molecule has 0 N–H and O–H groups in total. The lowest BCUT2D eigenvalue weighted by atomic mass is 9.76. The molecule has 3 atom stereocenters. The van der Waals surface area contributed by atoms with Gasteiger partial charge in [0.15, 0.2) is 0 Å². The molecule has 0 saturated carbocycles. The number of thioether (sulfide) groups is 1. The van der Waals surface area contributed by atoms with Gasteiger partial charge in [-0.3, -0.25) is 4.79 Å². The molecule has 28 heavy (non-hydrogen) atoms. The van der Waals surface area contributed by atoms with Gasteiger partial charge in [0.2, 0.25) is 0 Å². The van der Waals surface area contributed by atoms with Crippen LogP contribution in [0.15, 0.2) is 29.2 Å². The van der Waals surface area contributed by atoms with Gasteiger partial charge in [-0.25, -0.2) is 0 Å². The van der Waals surface area contributed by atoms with E-state index in [0.717, 1.165) is 19.3 Å². The molecule has 0 fully saturated rings. The van der Waals surface area contributed by atoms with Crippen LogP contribution in [0.2, 0.25) is 0 Å². The summed E-state index contributed by atoms with van der Waals surface area (Å²) in [5, 5.41) is 0. The number of carbonyl (C=O) groups is 1. The summed E-state index contributed by atoms with van der Waals surface area (Å²) >= 11 is 1.69. The summed E-state index contributed by atoms with van der Waals surface area (Å²) in [6.07, 6.45) is 6.21. The third kappa shape index (κ3) is 10.0. The zero-order valence-electron chi connectivity index (χ0n) is 19.6. The Kier molecular flexibility index (Phi) is 9.59. The van der Waals surface area contributed by atoms with Crippen molar-refractivity contribution in [2.45, 2.75) is 86.0 Å².